The highest BCUT2D eigenvalue weighted by Gasteiger charge is 2.19. The summed E-state index contributed by atoms with van der Waals surface area (Å²) in [5, 5.41) is 0.869. The lowest BCUT2D eigenvalue weighted by Crippen LogP contribution is -2.46. The molecule has 4 rings (SSSR count). The van der Waals surface area contributed by atoms with Crippen molar-refractivity contribution in [2.24, 2.45) is 16.8 Å². The minimum atomic E-state index is -0.715. The first-order valence-corrected chi connectivity index (χ1v) is 15.6. The Labute approximate surface area is 255 Å². The lowest BCUT2D eigenvalue weighted by atomic mass is 10.00. The zero-order chi connectivity index (χ0) is 29.9. The van der Waals surface area contributed by atoms with Gasteiger partial charge in [-0.2, -0.15) is 0 Å². The van der Waals surface area contributed by atoms with Gasteiger partial charge in [-0.05, 0) is 74.2 Å². The fourth-order valence-corrected chi connectivity index (χ4v) is 5.72. The molecule has 42 heavy (non-hydrogen) atoms. The van der Waals surface area contributed by atoms with E-state index in [0.717, 1.165) is 91.7 Å². The third kappa shape index (κ3) is 9.80. The van der Waals surface area contributed by atoms with Gasteiger partial charge in [0.2, 0.25) is 6.79 Å². The van der Waals surface area contributed by atoms with Crippen LogP contribution in [0, 0.1) is 18.8 Å². The Balaban J connectivity index is 1.12. The van der Waals surface area contributed by atoms with Gasteiger partial charge in [0.15, 0.2) is 5.90 Å². The van der Waals surface area contributed by atoms with Crippen molar-refractivity contribution in [3.05, 3.63) is 52.5 Å². The molecule has 1 fully saturated rings. The molecule has 9 heteroatoms. The molecule has 2 aliphatic rings. The molecule has 1 atom stereocenters. The third-order valence-electron chi connectivity index (χ3n) is 7.69. The Kier molecular flexibility index (Phi) is 12.2. The zero-order valence-electron chi connectivity index (χ0n) is 25.6. The van der Waals surface area contributed by atoms with Gasteiger partial charge in [0.1, 0.15) is 5.75 Å². The van der Waals surface area contributed by atoms with Gasteiger partial charge >= 0.3 is 6.16 Å². The first-order valence-electron chi connectivity index (χ1n) is 15.3. The van der Waals surface area contributed by atoms with Crippen molar-refractivity contribution in [2.75, 3.05) is 57.6 Å². The van der Waals surface area contributed by atoms with Crippen molar-refractivity contribution >= 4 is 35.0 Å². The van der Waals surface area contributed by atoms with Crippen LogP contribution < -0.4 is 9.64 Å². The molecule has 2 heterocycles. The summed E-state index contributed by atoms with van der Waals surface area (Å²) in [5.41, 5.74) is 4.27. The number of carbonyl (C=O) groups excluding carboxylic acids is 1. The van der Waals surface area contributed by atoms with Crippen molar-refractivity contribution in [2.45, 2.75) is 59.8 Å². The fraction of sp³-hybridized carbons (Fsp3) is 0.576. The number of aliphatic imine (C=N–C) groups is 1. The van der Waals surface area contributed by atoms with Crippen molar-refractivity contribution in [3.63, 3.8) is 0 Å². The van der Waals surface area contributed by atoms with Crippen LogP contribution in [0.25, 0.3) is 0 Å². The minimum Gasteiger partial charge on any atom is -0.494 e. The molecule has 0 spiro atoms. The first-order chi connectivity index (χ1) is 20.3. The third-order valence-corrected chi connectivity index (χ3v) is 8.19. The van der Waals surface area contributed by atoms with Gasteiger partial charge in [-0.1, -0.05) is 50.6 Å². The predicted molar refractivity (Wildman–Crippen MR) is 168 cm³/mol. The van der Waals surface area contributed by atoms with Crippen molar-refractivity contribution in [1.82, 2.24) is 4.90 Å². The maximum atomic E-state index is 11.9. The number of unbranched alkanes of at least 4 members (excludes halogenated alkanes) is 1. The molecule has 1 unspecified atom stereocenters. The van der Waals surface area contributed by atoms with E-state index in [4.69, 9.17) is 30.5 Å². The lowest BCUT2D eigenvalue weighted by Gasteiger charge is -2.36. The predicted octanol–water partition coefficient (Wildman–Crippen LogP) is 7.42. The number of hydrogen-bond donors (Lipinski definition) is 0. The van der Waals surface area contributed by atoms with E-state index in [1.807, 2.05) is 12.1 Å². The number of piperazine rings is 1. The monoisotopic (exact) mass is 599 g/mol. The zero-order valence-corrected chi connectivity index (χ0v) is 26.3. The normalized spacial score (nSPS) is 16.0. The highest BCUT2D eigenvalue weighted by Crippen LogP contribution is 2.31. The number of ether oxygens (including phenoxy) is 4. The Morgan fingerprint density at radius 2 is 1.81 bits per heavy atom. The second-order valence-corrected chi connectivity index (χ2v) is 12.2. The van der Waals surface area contributed by atoms with E-state index in [-0.39, 0.29) is 6.79 Å². The van der Waals surface area contributed by atoms with Crippen LogP contribution >= 0.6 is 11.6 Å². The number of halogens is 1. The molecule has 2 aromatic carbocycles. The van der Waals surface area contributed by atoms with E-state index in [1.165, 1.54) is 0 Å². The van der Waals surface area contributed by atoms with Gasteiger partial charge in [-0.3, -0.25) is 4.90 Å². The molecule has 0 aliphatic carbocycles. The smallest absolute Gasteiger partial charge is 0.494 e. The van der Waals surface area contributed by atoms with Gasteiger partial charge in [0, 0.05) is 38.7 Å². The highest BCUT2D eigenvalue weighted by atomic mass is 35.5. The summed E-state index contributed by atoms with van der Waals surface area (Å²) in [6.45, 7) is 14.4. The molecular formula is C33H46ClN3O5. The van der Waals surface area contributed by atoms with E-state index in [2.05, 4.69) is 66.8 Å². The molecule has 0 saturated carbocycles. The maximum Gasteiger partial charge on any atom is 0.511 e. The maximum absolute atomic E-state index is 11.9. The summed E-state index contributed by atoms with van der Waals surface area (Å²) >= 11 is 6.53. The van der Waals surface area contributed by atoms with Gasteiger partial charge in [0.25, 0.3) is 0 Å². The molecule has 0 bridgehead atoms. The van der Waals surface area contributed by atoms with Crippen LogP contribution in [0.5, 0.6) is 5.75 Å². The van der Waals surface area contributed by atoms with Crippen molar-refractivity contribution in [3.8, 4) is 5.75 Å². The van der Waals surface area contributed by atoms with Crippen LogP contribution in [0.2, 0.25) is 5.02 Å². The van der Waals surface area contributed by atoms with Crippen LogP contribution in [0.15, 0.2) is 41.4 Å². The summed E-state index contributed by atoms with van der Waals surface area (Å²) in [5.74, 6) is 2.20. The number of hydrogen-bond acceptors (Lipinski definition) is 8. The Bertz CT molecular complexity index is 1200. The standard InChI is InChI=1S/C33H46ClN3O5/c1-24(2)20-25(3)22-40-33(38)42-23-41-31-13-11-27-10-12-28(21-29(27)35-31)39-19-6-5-14-36-15-17-37(18-16-36)30-9-7-8-26(4)32(30)34/h7-10,12,21,24-25H,5-6,11,13-20,22-23H2,1-4H3. The SMILES string of the molecule is Cc1cccc(N2CCN(CCCCOc3ccc4c(c3)N=C(OCOC(=O)OCC(C)CC(C)C)CC4)CC2)c1Cl. The van der Waals surface area contributed by atoms with Gasteiger partial charge in [0.05, 0.1) is 29.6 Å². The van der Waals surface area contributed by atoms with Gasteiger partial charge < -0.3 is 23.8 Å². The van der Waals surface area contributed by atoms with E-state index in [9.17, 15) is 4.79 Å². The Hall–Kier alpha value is -2.97. The van der Waals surface area contributed by atoms with Crippen LogP contribution in [-0.4, -0.2) is 69.7 Å². The molecule has 0 aromatic heterocycles. The molecule has 8 nitrogen and oxygen atoms in total. The molecular weight excluding hydrogens is 554 g/mol. The van der Waals surface area contributed by atoms with E-state index < -0.39 is 6.16 Å². The van der Waals surface area contributed by atoms with Crippen molar-refractivity contribution in [1.29, 1.82) is 0 Å². The molecule has 2 aliphatic heterocycles. The Morgan fingerprint density at radius 3 is 2.60 bits per heavy atom. The summed E-state index contributed by atoms with van der Waals surface area (Å²) in [4.78, 5) is 21.4. The van der Waals surface area contributed by atoms with Crippen molar-refractivity contribution < 1.29 is 23.7 Å². The Morgan fingerprint density at radius 1 is 1.00 bits per heavy atom. The van der Waals surface area contributed by atoms with E-state index in [0.29, 0.717) is 37.4 Å². The van der Waals surface area contributed by atoms with Crippen LogP contribution in [0.3, 0.4) is 0 Å². The number of aryl methyl sites for hydroxylation is 2. The summed E-state index contributed by atoms with van der Waals surface area (Å²) < 4.78 is 21.9. The average Bonchev–Trinajstić information content (AvgIpc) is 2.97. The number of fused-ring (bicyclic) bond motifs is 1. The lowest BCUT2D eigenvalue weighted by molar-refractivity contribution is -0.00685. The summed E-state index contributed by atoms with van der Waals surface area (Å²) in [7, 11) is 0. The minimum absolute atomic E-state index is 0.212. The molecule has 0 amide bonds. The summed E-state index contributed by atoms with van der Waals surface area (Å²) in [6.07, 6.45) is 3.83. The topological polar surface area (TPSA) is 72.8 Å². The van der Waals surface area contributed by atoms with Crippen LogP contribution in [-0.2, 0) is 20.6 Å². The number of benzene rings is 2. The number of nitrogens with zero attached hydrogens (tertiary/aromatic N) is 3. The molecule has 0 radical (unpaired) electrons. The molecule has 0 N–H and O–H groups in total. The number of carbonyl (C=O) groups is 1. The summed E-state index contributed by atoms with van der Waals surface area (Å²) in [6, 6.07) is 12.3. The second-order valence-electron chi connectivity index (χ2n) is 11.8. The highest BCUT2D eigenvalue weighted by molar-refractivity contribution is 6.34. The number of rotatable bonds is 13. The average molecular weight is 600 g/mol. The first kappa shape index (κ1) is 32.0. The largest absolute Gasteiger partial charge is 0.511 e. The van der Waals surface area contributed by atoms with Gasteiger partial charge in [-0.15, -0.1) is 0 Å². The van der Waals surface area contributed by atoms with E-state index in [1.54, 1.807) is 0 Å². The molecule has 1 saturated heterocycles. The van der Waals surface area contributed by atoms with Crippen LogP contribution in [0.1, 0.15) is 57.6 Å². The quantitative estimate of drug-likeness (QED) is 0.135. The second kappa shape index (κ2) is 16.0. The number of anilines is 1. The van der Waals surface area contributed by atoms with Crippen LogP contribution in [0.4, 0.5) is 16.2 Å². The molecule has 230 valence electrons. The molecule has 2 aromatic rings. The fourth-order valence-electron chi connectivity index (χ4n) is 5.47. The van der Waals surface area contributed by atoms with Gasteiger partial charge in [-0.25, -0.2) is 9.79 Å². The van der Waals surface area contributed by atoms with E-state index >= 15 is 0 Å².